The van der Waals surface area contributed by atoms with Gasteiger partial charge in [-0.05, 0) is 30.7 Å². The van der Waals surface area contributed by atoms with Gasteiger partial charge in [-0.2, -0.15) is 0 Å². The van der Waals surface area contributed by atoms with Crippen molar-refractivity contribution in [1.29, 1.82) is 0 Å². The number of ether oxygens (including phenoxy) is 4. The molecule has 1 aliphatic rings. The molecule has 1 heterocycles. The van der Waals surface area contributed by atoms with Gasteiger partial charge in [0, 0.05) is 31.7 Å². The Labute approximate surface area is 182 Å². The largest absolute Gasteiger partial charge is 0.496 e. The van der Waals surface area contributed by atoms with Crippen LogP contribution in [0.4, 0.5) is 0 Å². The molecule has 0 unspecified atom stereocenters. The van der Waals surface area contributed by atoms with Crippen LogP contribution in [0.15, 0.2) is 36.4 Å². The molecule has 3 rings (SSSR count). The molecule has 0 aromatic heterocycles. The predicted molar refractivity (Wildman–Crippen MR) is 116 cm³/mol. The molecule has 1 saturated heterocycles. The molecule has 0 spiro atoms. The zero-order chi connectivity index (χ0) is 22.4. The molecule has 2 amide bonds. The second-order valence-corrected chi connectivity index (χ2v) is 7.05. The molecule has 8 nitrogen and oxygen atoms in total. The molecule has 1 aliphatic heterocycles. The lowest BCUT2D eigenvalue weighted by molar-refractivity contribution is 0.0716. The van der Waals surface area contributed by atoms with Crippen molar-refractivity contribution in [2.75, 3.05) is 54.6 Å². The van der Waals surface area contributed by atoms with E-state index in [-0.39, 0.29) is 11.8 Å². The number of carbonyl (C=O) groups is 2. The van der Waals surface area contributed by atoms with Crippen LogP contribution in [0.2, 0.25) is 0 Å². The third-order valence-electron chi connectivity index (χ3n) is 5.32. The molecule has 8 heteroatoms. The minimum atomic E-state index is -0.147. The summed E-state index contributed by atoms with van der Waals surface area (Å²) in [6, 6.07) is 10.5. The first-order valence-electron chi connectivity index (χ1n) is 10.1. The predicted octanol–water partition coefficient (Wildman–Crippen LogP) is 2.71. The standard InChI is InChI=1S/C23H28N2O6/c1-28-18-9-6-5-8-17(18)23(27)25-11-7-10-24(12-13-25)22(26)16-14-19(29-2)21(31-4)20(15-16)30-3/h5-6,8-9,14-15H,7,10-13H2,1-4H3. The van der Waals surface area contributed by atoms with Crippen molar-refractivity contribution in [3.8, 4) is 23.0 Å². The molecule has 0 aliphatic carbocycles. The van der Waals surface area contributed by atoms with Crippen LogP contribution in [0.5, 0.6) is 23.0 Å². The third-order valence-corrected chi connectivity index (χ3v) is 5.32. The number of para-hydroxylation sites is 1. The summed E-state index contributed by atoms with van der Waals surface area (Å²) in [5.74, 6) is 1.58. The number of benzene rings is 2. The summed E-state index contributed by atoms with van der Waals surface area (Å²) >= 11 is 0. The molecule has 2 aromatic rings. The van der Waals surface area contributed by atoms with E-state index in [1.807, 2.05) is 12.1 Å². The van der Waals surface area contributed by atoms with E-state index in [4.69, 9.17) is 18.9 Å². The highest BCUT2D eigenvalue weighted by molar-refractivity contribution is 5.97. The number of methoxy groups -OCH3 is 4. The number of rotatable bonds is 6. The van der Waals surface area contributed by atoms with Crippen LogP contribution in [0, 0.1) is 0 Å². The summed E-state index contributed by atoms with van der Waals surface area (Å²) in [6.45, 7) is 1.98. The van der Waals surface area contributed by atoms with Crippen molar-refractivity contribution in [2.24, 2.45) is 0 Å². The fourth-order valence-electron chi connectivity index (χ4n) is 3.70. The van der Waals surface area contributed by atoms with Gasteiger partial charge in [-0.25, -0.2) is 0 Å². The lowest BCUT2D eigenvalue weighted by Gasteiger charge is -2.23. The lowest BCUT2D eigenvalue weighted by Crippen LogP contribution is -2.37. The van der Waals surface area contributed by atoms with Gasteiger partial charge in [-0.3, -0.25) is 9.59 Å². The van der Waals surface area contributed by atoms with Crippen molar-refractivity contribution < 1.29 is 28.5 Å². The highest BCUT2D eigenvalue weighted by Crippen LogP contribution is 2.38. The van der Waals surface area contributed by atoms with Crippen LogP contribution in [0.25, 0.3) is 0 Å². The second kappa shape index (κ2) is 10.1. The lowest BCUT2D eigenvalue weighted by atomic mass is 10.1. The summed E-state index contributed by atoms with van der Waals surface area (Å²) in [4.78, 5) is 29.7. The van der Waals surface area contributed by atoms with Crippen LogP contribution in [0.1, 0.15) is 27.1 Å². The van der Waals surface area contributed by atoms with Crippen molar-refractivity contribution in [2.45, 2.75) is 6.42 Å². The van der Waals surface area contributed by atoms with Crippen molar-refractivity contribution in [3.05, 3.63) is 47.5 Å². The Bertz CT molecular complexity index is 920. The van der Waals surface area contributed by atoms with Gasteiger partial charge < -0.3 is 28.7 Å². The summed E-state index contributed by atoms with van der Waals surface area (Å²) in [5.41, 5.74) is 0.966. The van der Waals surface area contributed by atoms with Crippen molar-refractivity contribution >= 4 is 11.8 Å². The van der Waals surface area contributed by atoms with Gasteiger partial charge >= 0.3 is 0 Å². The van der Waals surface area contributed by atoms with E-state index in [0.717, 1.165) is 0 Å². The van der Waals surface area contributed by atoms with Crippen molar-refractivity contribution in [3.63, 3.8) is 0 Å². The average molecular weight is 428 g/mol. The molecule has 31 heavy (non-hydrogen) atoms. The molecule has 0 bridgehead atoms. The first-order chi connectivity index (χ1) is 15.0. The average Bonchev–Trinajstić information content (AvgIpc) is 3.08. The molecular formula is C23H28N2O6. The molecule has 0 saturated carbocycles. The number of carbonyl (C=O) groups excluding carboxylic acids is 2. The minimum absolute atomic E-state index is 0.0977. The maximum absolute atomic E-state index is 13.2. The summed E-state index contributed by atoms with van der Waals surface area (Å²) < 4.78 is 21.4. The van der Waals surface area contributed by atoms with Gasteiger partial charge in [-0.1, -0.05) is 12.1 Å². The molecule has 2 aromatic carbocycles. The fraction of sp³-hybridized carbons (Fsp3) is 0.391. The second-order valence-electron chi connectivity index (χ2n) is 7.05. The van der Waals surface area contributed by atoms with E-state index < -0.39 is 0 Å². The normalized spacial score (nSPS) is 13.9. The van der Waals surface area contributed by atoms with Gasteiger partial charge in [0.2, 0.25) is 5.75 Å². The zero-order valence-electron chi connectivity index (χ0n) is 18.3. The maximum Gasteiger partial charge on any atom is 0.257 e. The summed E-state index contributed by atoms with van der Waals surface area (Å²) in [5, 5.41) is 0. The monoisotopic (exact) mass is 428 g/mol. The Hall–Kier alpha value is -3.42. The van der Waals surface area contributed by atoms with Crippen LogP contribution >= 0.6 is 0 Å². The van der Waals surface area contributed by atoms with Crippen LogP contribution in [0.3, 0.4) is 0 Å². The third kappa shape index (κ3) is 4.68. The van der Waals surface area contributed by atoms with E-state index in [2.05, 4.69) is 0 Å². The minimum Gasteiger partial charge on any atom is -0.496 e. The molecule has 0 atom stereocenters. The molecule has 1 fully saturated rings. The zero-order valence-corrected chi connectivity index (χ0v) is 18.3. The first-order valence-corrected chi connectivity index (χ1v) is 10.1. The van der Waals surface area contributed by atoms with Crippen LogP contribution in [-0.4, -0.2) is 76.2 Å². The quantitative estimate of drug-likeness (QED) is 0.704. The van der Waals surface area contributed by atoms with E-state index in [1.165, 1.54) is 21.3 Å². The van der Waals surface area contributed by atoms with Gasteiger partial charge in [0.05, 0.1) is 34.0 Å². The first kappa shape index (κ1) is 22.3. The van der Waals surface area contributed by atoms with E-state index >= 15 is 0 Å². The van der Waals surface area contributed by atoms with E-state index in [9.17, 15) is 9.59 Å². The SMILES string of the molecule is COc1ccccc1C(=O)N1CCCN(C(=O)c2cc(OC)c(OC)c(OC)c2)CC1. The van der Waals surface area contributed by atoms with Gasteiger partial charge in [0.1, 0.15) is 5.75 Å². The molecule has 0 N–H and O–H groups in total. The number of hydrogen-bond donors (Lipinski definition) is 0. The maximum atomic E-state index is 13.2. The smallest absolute Gasteiger partial charge is 0.257 e. The van der Waals surface area contributed by atoms with Crippen LogP contribution in [-0.2, 0) is 0 Å². The van der Waals surface area contributed by atoms with Gasteiger partial charge in [-0.15, -0.1) is 0 Å². The van der Waals surface area contributed by atoms with Crippen LogP contribution < -0.4 is 18.9 Å². The number of hydrogen-bond acceptors (Lipinski definition) is 6. The number of nitrogens with zero attached hydrogens (tertiary/aromatic N) is 2. The Balaban J connectivity index is 1.76. The van der Waals surface area contributed by atoms with E-state index in [0.29, 0.717) is 66.7 Å². The van der Waals surface area contributed by atoms with Gasteiger partial charge in [0.25, 0.3) is 11.8 Å². The van der Waals surface area contributed by atoms with Gasteiger partial charge in [0.15, 0.2) is 11.5 Å². The number of amides is 2. The Morgan fingerprint density at radius 1 is 0.710 bits per heavy atom. The van der Waals surface area contributed by atoms with Crippen molar-refractivity contribution in [1.82, 2.24) is 9.80 Å². The Morgan fingerprint density at radius 3 is 1.81 bits per heavy atom. The molecule has 166 valence electrons. The summed E-state index contributed by atoms with van der Waals surface area (Å²) in [7, 11) is 6.09. The van der Waals surface area contributed by atoms with E-state index in [1.54, 1.807) is 41.2 Å². The molecule has 0 radical (unpaired) electrons. The molecular weight excluding hydrogens is 400 g/mol. The highest BCUT2D eigenvalue weighted by Gasteiger charge is 2.26. The highest BCUT2D eigenvalue weighted by atomic mass is 16.5. The fourth-order valence-corrected chi connectivity index (χ4v) is 3.70. The Kier molecular flexibility index (Phi) is 7.23. The summed E-state index contributed by atoms with van der Waals surface area (Å²) in [6.07, 6.45) is 0.678. The topological polar surface area (TPSA) is 77.5 Å². The Morgan fingerprint density at radius 2 is 1.26 bits per heavy atom.